The highest BCUT2D eigenvalue weighted by Gasteiger charge is 2.33. The molecular formula is C18H20N4O4S. The zero-order valence-corrected chi connectivity index (χ0v) is 16.0. The molecule has 3 rings (SSSR count). The van der Waals surface area contributed by atoms with Crippen LogP contribution < -0.4 is 0 Å². The Morgan fingerprint density at radius 3 is 2.44 bits per heavy atom. The minimum absolute atomic E-state index is 0.106. The Hall–Kier alpha value is -2.70. The molecule has 8 nitrogen and oxygen atoms in total. The lowest BCUT2D eigenvalue weighted by molar-refractivity contribution is 0.0764. The zero-order chi connectivity index (χ0) is 19.6. The molecule has 1 aliphatic heterocycles. The molecule has 0 N–H and O–H groups in total. The molecule has 2 heterocycles. The van der Waals surface area contributed by atoms with E-state index in [1.165, 1.54) is 4.31 Å². The summed E-state index contributed by atoms with van der Waals surface area (Å²) in [5, 5.41) is 12.6. The summed E-state index contributed by atoms with van der Waals surface area (Å²) in [6.45, 7) is 4.46. The number of hydrogen-bond donors (Lipinski definition) is 0. The fraction of sp³-hybridized carbons (Fsp3) is 0.389. The Bertz CT molecular complexity index is 970. The predicted octanol–water partition coefficient (Wildman–Crippen LogP) is 1.70. The number of benzene rings is 1. The molecule has 27 heavy (non-hydrogen) atoms. The van der Waals surface area contributed by atoms with E-state index >= 15 is 0 Å². The first-order valence-electron chi connectivity index (χ1n) is 8.57. The van der Waals surface area contributed by atoms with Gasteiger partial charge in [-0.2, -0.15) is 9.57 Å². The molecule has 0 spiro atoms. The van der Waals surface area contributed by atoms with E-state index in [1.807, 2.05) is 6.07 Å². The van der Waals surface area contributed by atoms with Gasteiger partial charge >= 0.3 is 0 Å². The van der Waals surface area contributed by atoms with Crippen LogP contribution >= 0.6 is 0 Å². The first-order valence-corrected chi connectivity index (χ1v) is 10.0. The number of aromatic nitrogens is 1. The third kappa shape index (κ3) is 3.72. The molecule has 142 valence electrons. The normalized spacial score (nSPS) is 16.0. The predicted molar refractivity (Wildman–Crippen MR) is 96.4 cm³/mol. The highest BCUT2D eigenvalue weighted by atomic mass is 32.2. The Balaban J connectivity index is 1.75. The van der Waals surface area contributed by atoms with Crippen LogP contribution in [-0.2, 0) is 10.0 Å². The Morgan fingerprint density at radius 1 is 1.15 bits per heavy atom. The largest absolute Gasteiger partial charge is 0.360 e. The van der Waals surface area contributed by atoms with Crippen molar-refractivity contribution in [3.63, 3.8) is 0 Å². The van der Waals surface area contributed by atoms with E-state index in [0.29, 0.717) is 42.9 Å². The lowest BCUT2D eigenvalue weighted by Crippen LogP contribution is -2.37. The summed E-state index contributed by atoms with van der Waals surface area (Å²) in [5.41, 5.74) is 1.30. The van der Waals surface area contributed by atoms with Crippen LogP contribution in [0.15, 0.2) is 33.7 Å². The summed E-state index contributed by atoms with van der Waals surface area (Å²) in [5.74, 6) is 0.0957. The number of hydrogen-bond acceptors (Lipinski definition) is 6. The highest BCUT2D eigenvalue weighted by Crippen LogP contribution is 2.24. The monoisotopic (exact) mass is 388 g/mol. The number of carbonyl (C=O) groups is 1. The SMILES string of the molecule is Cc1noc(C)c1S(=O)(=O)N1CCCN(C(=O)c2ccc(C#N)cc2)CC1. The zero-order valence-electron chi connectivity index (χ0n) is 15.2. The molecule has 1 fully saturated rings. The van der Waals surface area contributed by atoms with Crippen molar-refractivity contribution in [3.05, 3.63) is 46.8 Å². The maximum Gasteiger partial charge on any atom is 0.253 e. The van der Waals surface area contributed by atoms with Gasteiger partial charge in [-0.15, -0.1) is 0 Å². The molecular weight excluding hydrogens is 368 g/mol. The number of carbonyl (C=O) groups excluding carboxylic acids is 1. The van der Waals surface area contributed by atoms with Gasteiger partial charge in [-0.3, -0.25) is 4.79 Å². The van der Waals surface area contributed by atoms with Crippen LogP contribution in [-0.4, -0.2) is 54.9 Å². The second-order valence-electron chi connectivity index (χ2n) is 6.39. The third-order valence-corrected chi connectivity index (χ3v) is 6.71. The van der Waals surface area contributed by atoms with Gasteiger partial charge in [0.05, 0.1) is 11.6 Å². The van der Waals surface area contributed by atoms with Gasteiger partial charge < -0.3 is 9.42 Å². The van der Waals surface area contributed by atoms with Crippen molar-refractivity contribution < 1.29 is 17.7 Å². The first kappa shape index (κ1) is 19.1. The van der Waals surface area contributed by atoms with E-state index in [4.69, 9.17) is 9.78 Å². The van der Waals surface area contributed by atoms with Crippen LogP contribution in [0.4, 0.5) is 0 Å². The number of nitriles is 1. The van der Waals surface area contributed by atoms with Crippen molar-refractivity contribution in [2.45, 2.75) is 25.2 Å². The molecule has 0 bridgehead atoms. The number of sulfonamides is 1. The molecule has 1 aromatic carbocycles. The molecule has 2 aromatic rings. The summed E-state index contributed by atoms with van der Waals surface area (Å²) in [4.78, 5) is 14.4. The van der Waals surface area contributed by atoms with Crippen molar-refractivity contribution in [1.29, 1.82) is 5.26 Å². The van der Waals surface area contributed by atoms with E-state index in [2.05, 4.69) is 5.16 Å². The van der Waals surface area contributed by atoms with Crippen LogP contribution in [0.1, 0.15) is 33.8 Å². The van der Waals surface area contributed by atoms with Gasteiger partial charge in [0.2, 0.25) is 10.0 Å². The standard InChI is InChI=1S/C18H20N4O4S/c1-13-17(14(2)26-20-13)27(24,25)22-9-3-8-21(10-11-22)18(23)16-6-4-15(12-19)5-7-16/h4-7H,3,8-11H2,1-2H3. The van der Waals surface area contributed by atoms with Crippen molar-refractivity contribution in [2.75, 3.05) is 26.2 Å². The summed E-state index contributed by atoms with van der Waals surface area (Å²) in [6.07, 6.45) is 0.532. The van der Waals surface area contributed by atoms with Crippen LogP contribution in [0.3, 0.4) is 0 Å². The van der Waals surface area contributed by atoms with Crippen LogP contribution in [0, 0.1) is 25.2 Å². The molecule has 1 aromatic heterocycles. The van der Waals surface area contributed by atoms with Gasteiger partial charge in [0.25, 0.3) is 5.91 Å². The van der Waals surface area contributed by atoms with Crippen LogP contribution in [0.5, 0.6) is 0 Å². The van der Waals surface area contributed by atoms with Gasteiger partial charge in [0.15, 0.2) is 5.76 Å². The summed E-state index contributed by atoms with van der Waals surface area (Å²) < 4.78 is 32.3. The third-order valence-electron chi connectivity index (χ3n) is 4.57. The fourth-order valence-electron chi connectivity index (χ4n) is 3.18. The quantitative estimate of drug-likeness (QED) is 0.792. The lowest BCUT2D eigenvalue weighted by Gasteiger charge is -2.22. The molecule has 1 saturated heterocycles. The van der Waals surface area contributed by atoms with E-state index in [9.17, 15) is 13.2 Å². The van der Waals surface area contributed by atoms with E-state index < -0.39 is 10.0 Å². The molecule has 1 aliphatic rings. The lowest BCUT2D eigenvalue weighted by atomic mass is 10.1. The molecule has 0 aliphatic carbocycles. The second kappa shape index (κ2) is 7.50. The topological polar surface area (TPSA) is 108 Å². The van der Waals surface area contributed by atoms with Crippen LogP contribution in [0.2, 0.25) is 0 Å². The Labute approximate surface area is 158 Å². The van der Waals surface area contributed by atoms with Crippen molar-refractivity contribution >= 4 is 15.9 Å². The van der Waals surface area contributed by atoms with Gasteiger partial charge in [-0.05, 0) is 44.5 Å². The molecule has 0 unspecified atom stereocenters. The molecule has 0 saturated carbocycles. The fourth-order valence-corrected chi connectivity index (χ4v) is 4.94. The summed E-state index contributed by atoms with van der Waals surface area (Å²) in [6, 6.07) is 8.44. The van der Waals surface area contributed by atoms with Crippen molar-refractivity contribution in [3.8, 4) is 6.07 Å². The number of amides is 1. The number of rotatable bonds is 3. The van der Waals surface area contributed by atoms with Gasteiger partial charge in [0, 0.05) is 31.7 Å². The Morgan fingerprint density at radius 2 is 1.85 bits per heavy atom. The Kier molecular flexibility index (Phi) is 5.30. The first-order chi connectivity index (χ1) is 12.8. The minimum atomic E-state index is -3.72. The second-order valence-corrected chi connectivity index (χ2v) is 8.27. The van der Waals surface area contributed by atoms with Gasteiger partial charge in [-0.25, -0.2) is 8.42 Å². The smallest absolute Gasteiger partial charge is 0.253 e. The minimum Gasteiger partial charge on any atom is -0.360 e. The van der Waals surface area contributed by atoms with Gasteiger partial charge in [0.1, 0.15) is 10.6 Å². The summed E-state index contributed by atoms with van der Waals surface area (Å²) in [7, 11) is -3.72. The highest BCUT2D eigenvalue weighted by molar-refractivity contribution is 7.89. The molecule has 0 radical (unpaired) electrons. The maximum atomic E-state index is 13.0. The van der Waals surface area contributed by atoms with E-state index in [0.717, 1.165) is 0 Å². The number of aryl methyl sites for hydroxylation is 2. The molecule has 1 amide bonds. The van der Waals surface area contributed by atoms with Crippen molar-refractivity contribution in [2.24, 2.45) is 0 Å². The van der Waals surface area contributed by atoms with Gasteiger partial charge in [-0.1, -0.05) is 5.16 Å². The van der Waals surface area contributed by atoms with E-state index in [-0.39, 0.29) is 23.1 Å². The van der Waals surface area contributed by atoms with Crippen molar-refractivity contribution in [1.82, 2.24) is 14.4 Å². The molecule has 0 atom stereocenters. The average Bonchev–Trinajstić information content (AvgIpc) is 2.87. The summed E-state index contributed by atoms with van der Waals surface area (Å²) >= 11 is 0. The van der Waals surface area contributed by atoms with E-state index in [1.54, 1.807) is 43.0 Å². The van der Waals surface area contributed by atoms with Crippen LogP contribution in [0.25, 0.3) is 0 Å². The molecule has 9 heteroatoms. The maximum absolute atomic E-state index is 13.0. The number of nitrogens with zero attached hydrogens (tertiary/aromatic N) is 4. The average molecular weight is 388 g/mol.